The van der Waals surface area contributed by atoms with Crippen molar-refractivity contribution in [3.8, 4) is 0 Å². The van der Waals surface area contributed by atoms with E-state index in [2.05, 4.69) is 0 Å². The summed E-state index contributed by atoms with van der Waals surface area (Å²) in [5, 5.41) is 9.27. The molecule has 0 radical (unpaired) electrons. The van der Waals surface area contributed by atoms with Crippen molar-refractivity contribution >= 4 is 5.91 Å². The molecule has 0 saturated carbocycles. The van der Waals surface area contributed by atoms with Gasteiger partial charge in [-0.05, 0) is 12.0 Å². The lowest BCUT2D eigenvalue weighted by Crippen LogP contribution is -2.28. The summed E-state index contributed by atoms with van der Waals surface area (Å²) in [6.45, 7) is 0.871. The molecule has 1 amide bonds. The number of hydrogen-bond donors (Lipinski definition) is 1. The summed E-state index contributed by atoms with van der Waals surface area (Å²) in [4.78, 5) is 13.0. The van der Waals surface area contributed by atoms with Gasteiger partial charge < -0.3 is 10.0 Å². The first-order valence-electron chi connectivity index (χ1n) is 5.42. The van der Waals surface area contributed by atoms with Gasteiger partial charge in [0.15, 0.2) is 0 Å². The van der Waals surface area contributed by atoms with Crippen LogP contribution in [0.3, 0.4) is 0 Å². The molecule has 92 valence electrons. The van der Waals surface area contributed by atoms with Crippen LogP contribution in [0, 0.1) is 0 Å². The van der Waals surface area contributed by atoms with Crippen molar-refractivity contribution < 1.29 is 18.7 Å². The van der Waals surface area contributed by atoms with Crippen LogP contribution >= 0.6 is 0 Å². The Balaban J connectivity index is 2.02. The first-order chi connectivity index (χ1) is 8.08. The average molecular weight is 241 g/mol. The number of rotatable bonds is 3. The van der Waals surface area contributed by atoms with Crippen molar-refractivity contribution in [3.05, 3.63) is 35.4 Å². The molecule has 1 aliphatic heterocycles. The van der Waals surface area contributed by atoms with E-state index in [4.69, 9.17) is 0 Å². The smallest absolute Gasteiger partial charge is 0.263 e. The van der Waals surface area contributed by atoms with Gasteiger partial charge in [0.05, 0.1) is 0 Å². The zero-order valence-corrected chi connectivity index (χ0v) is 9.14. The number of aliphatic hydroxyl groups is 1. The minimum absolute atomic E-state index is 0.0264. The van der Waals surface area contributed by atoms with E-state index in [0.29, 0.717) is 19.5 Å². The van der Waals surface area contributed by atoms with E-state index < -0.39 is 12.5 Å². The fourth-order valence-electron chi connectivity index (χ4n) is 1.87. The molecule has 0 aromatic heterocycles. The van der Waals surface area contributed by atoms with E-state index in [0.717, 1.165) is 5.56 Å². The lowest BCUT2D eigenvalue weighted by atomic mass is 10.1. The van der Waals surface area contributed by atoms with Crippen molar-refractivity contribution in [1.29, 1.82) is 0 Å². The number of halogens is 2. The number of alkyl halides is 2. The topological polar surface area (TPSA) is 40.5 Å². The predicted octanol–water partition coefficient (Wildman–Crippen LogP) is 1.72. The summed E-state index contributed by atoms with van der Waals surface area (Å²) >= 11 is 0. The molecule has 1 atom stereocenters. The Morgan fingerprint density at radius 3 is 2.47 bits per heavy atom. The Hall–Kier alpha value is -1.49. The molecular formula is C12H13F2NO2. The minimum atomic E-state index is -2.47. The largest absolute Gasteiger partial charge is 0.383 e. The van der Waals surface area contributed by atoms with E-state index >= 15 is 0 Å². The molecule has 0 aliphatic carbocycles. The Morgan fingerprint density at radius 2 is 2.00 bits per heavy atom. The second-order valence-corrected chi connectivity index (χ2v) is 4.11. The van der Waals surface area contributed by atoms with Gasteiger partial charge >= 0.3 is 0 Å². The molecule has 5 heteroatoms. The van der Waals surface area contributed by atoms with Gasteiger partial charge in [0.2, 0.25) is 0 Å². The molecule has 1 heterocycles. The fraction of sp³-hybridized carbons (Fsp3) is 0.417. The summed E-state index contributed by atoms with van der Waals surface area (Å²) in [6.07, 6.45) is -2.94. The van der Waals surface area contributed by atoms with Gasteiger partial charge in [-0.2, -0.15) is 0 Å². The SMILES string of the molecule is O=C1[C@@H](O)CCN1Cc1ccc(C(F)F)cc1. The maximum Gasteiger partial charge on any atom is 0.263 e. The normalized spacial score (nSPS) is 20.4. The highest BCUT2D eigenvalue weighted by Gasteiger charge is 2.29. The van der Waals surface area contributed by atoms with Crippen LogP contribution < -0.4 is 0 Å². The number of amides is 1. The second kappa shape index (κ2) is 4.79. The van der Waals surface area contributed by atoms with Crippen LogP contribution in [0.25, 0.3) is 0 Å². The molecule has 0 bridgehead atoms. The van der Waals surface area contributed by atoms with E-state index in [1.54, 1.807) is 12.1 Å². The first-order valence-corrected chi connectivity index (χ1v) is 5.42. The quantitative estimate of drug-likeness (QED) is 0.875. The Kier molecular flexibility index (Phi) is 3.38. The summed E-state index contributed by atoms with van der Waals surface area (Å²) in [5.41, 5.74) is 0.762. The van der Waals surface area contributed by atoms with E-state index in [1.165, 1.54) is 17.0 Å². The minimum Gasteiger partial charge on any atom is -0.383 e. The standard InChI is InChI=1S/C12H13F2NO2/c13-11(14)9-3-1-8(2-4-9)7-15-6-5-10(16)12(15)17/h1-4,10-11,16H,5-7H2/t10-/m0/s1. The maximum absolute atomic E-state index is 12.3. The van der Waals surface area contributed by atoms with Gasteiger partial charge in [0.25, 0.3) is 12.3 Å². The van der Waals surface area contributed by atoms with Crippen LogP contribution in [0.5, 0.6) is 0 Å². The second-order valence-electron chi connectivity index (χ2n) is 4.11. The summed E-state index contributed by atoms with van der Waals surface area (Å²) < 4.78 is 24.6. The van der Waals surface area contributed by atoms with Crippen LogP contribution in [0.15, 0.2) is 24.3 Å². The number of hydrogen-bond acceptors (Lipinski definition) is 2. The number of nitrogens with zero attached hydrogens (tertiary/aromatic N) is 1. The van der Waals surface area contributed by atoms with E-state index in [1.807, 2.05) is 0 Å². The van der Waals surface area contributed by atoms with Gasteiger partial charge in [-0.1, -0.05) is 24.3 Å². The van der Waals surface area contributed by atoms with Gasteiger partial charge in [-0.15, -0.1) is 0 Å². The summed E-state index contributed by atoms with van der Waals surface area (Å²) in [7, 11) is 0. The Morgan fingerprint density at radius 1 is 1.35 bits per heavy atom. The average Bonchev–Trinajstić information content (AvgIpc) is 2.62. The van der Waals surface area contributed by atoms with Crippen molar-refractivity contribution in [3.63, 3.8) is 0 Å². The van der Waals surface area contributed by atoms with Crippen molar-refractivity contribution in [2.75, 3.05) is 6.54 Å². The van der Waals surface area contributed by atoms with E-state index in [9.17, 15) is 18.7 Å². The number of benzene rings is 1. The lowest BCUT2D eigenvalue weighted by Gasteiger charge is -2.15. The maximum atomic E-state index is 12.3. The number of carbonyl (C=O) groups is 1. The summed E-state index contributed by atoms with van der Waals surface area (Å²) in [5.74, 6) is -0.289. The van der Waals surface area contributed by atoms with Gasteiger partial charge in [-0.3, -0.25) is 4.79 Å². The molecule has 0 spiro atoms. The highest BCUT2D eigenvalue weighted by Crippen LogP contribution is 2.20. The molecule has 0 unspecified atom stereocenters. The highest BCUT2D eigenvalue weighted by molar-refractivity contribution is 5.82. The van der Waals surface area contributed by atoms with Crippen LogP contribution in [0.4, 0.5) is 8.78 Å². The molecule has 1 saturated heterocycles. The highest BCUT2D eigenvalue weighted by atomic mass is 19.3. The molecule has 3 nitrogen and oxygen atoms in total. The lowest BCUT2D eigenvalue weighted by molar-refractivity contribution is -0.134. The fourth-order valence-corrected chi connectivity index (χ4v) is 1.87. The monoisotopic (exact) mass is 241 g/mol. The van der Waals surface area contributed by atoms with E-state index in [-0.39, 0.29) is 11.5 Å². The Labute approximate surface area is 97.7 Å². The number of likely N-dealkylation sites (tertiary alicyclic amines) is 1. The number of carbonyl (C=O) groups excluding carboxylic acids is 1. The van der Waals surface area contributed by atoms with Crippen molar-refractivity contribution in [1.82, 2.24) is 4.90 Å². The van der Waals surface area contributed by atoms with Gasteiger partial charge in [0.1, 0.15) is 6.10 Å². The molecule has 1 fully saturated rings. The molecular weight excluding hydrogens is 228 g/mol. The summed E-state index contributed by atoms with van der Waals surface area (Å²) in [6, 6.07) is 5.88. The third-order valence-corrected chi connectivity index (χ3v) is 2.87. The predicted molar refractivity (Wildman–Crippen MR) is 57.4 cm³/mol. The zero-order chi connectivity index (χ0) is 12.4. The third kappa shape index (κ3) is 2.61. The first kappa shape index (κ1) is 12.0. The molecule has 17 heavy (non-hydrogen) atoms. The molecule has 1 aromatic rings. The van der Waals surface area contributed by atoms with Crippen molar-refractivity contribution in [2.24, 2.45) is 0 Å². The molecule has 2 rings (SSSR count). The van der Waals surface area contributed by atoms with Gasteiger partial charge in [-0.25, -0.2) is 8.78 Å². The van der Waals surface area contributed by atoms with Gasteiger partial charge in [0, 0.05) is 18.7 Å². The van der Waals surface area contributed by atoms with Crippen LogP contribution in [0.2, 0.25) is 0 Å². The number of aliphatic hydroxyl groups excluding tert-OH is 1. The third-order valence-electron chi connectivity index (χ3n) is 2.87. The van der Waals surface area contributed by atoms with Crippen LogP contribution in [-0.2, 0) is 11.3 Å². The van der Waals surface area contributed by atoms with Crippen LogP contribution in [-0.4, -0.2) is 28.6 Å². The van der Waals surface area contributed by atoms with Crippen molar-refractivity contribution in [2.45, 2.75) is 25.5 Å². The Bertz CT molecular complexity index is 405. The zero-order valence-electron chi connectivity index (χ0n) is 9.14. The molecule has 1 N–H and O–H groups in total. The van der Waals surface area contributed by atoms with Crippen LogP contribution in [0.1, 0.15) is 24.0 Å². The molecule has 1 aliphatic rings. The molecule has 1 aromatic carbocycles.